The lowest BCUT2D eigenvalue weighted by molar-refractivity contribution is -0.870. The lowest BCUT2D eigenvalue weighted by Crippen LogP contribution is -2.37. The summed E-state index contributed by atoms with van der Waals surface area (Å²) in [4.78, 5) is 35.6. The van der Waals surface area contributed by atoms with Crippen molar-refractivity contribution in [2.45, 2.75) is 270 Å². The number of ether oxygens (including phenoxy) is 2. The summed E-state index contributed by atoms with van der Waals surface area (Å²) < 4.78 is 34.5. The van der Waals surface area contributed by atoms with Crippen LogP contribution in [0.4, 0.5) is 0 Å². The molecule has 0 amide bonds. The first kappa shape index (κ1) is 61.8. The highest BCUT2D eigenvalue weighted by molar-refractivity contribution is 7.47. The van der Waals surface area contributed by atoms with Crippen molar-refractivity contribution in [2.75, 3.05) is 47.5 Å². The topological polar surface area (TPSA) is 108 Å². The quantitative estimate of drug-likeness (QED) is 0.0211. The number of carbonyl (C=O) groups excluding carboxylic acids is 2. The SMILES string of the molecule is CCCCCCCC/C=C/CCCCCCCCCCCCCC(=O)OC[C@H](COP(=O)(O)OCC[N+](C)(C)C)OC(=O)CCCCCCCCCCCCCCCCCCCC. The number of hydrogen-bond acceptors (Lipinski definition) is 7. The Kier molecular flexibility index (Phi) is 45.0. The predicted molar refractivity (Wildman–Crippen MR) is 266 cm³/mol. The smallest absolute Gasteiger partial charge is 0.462 e. The molecule has 0 saturated carbocycles. The van der Waals surface area contributed by atoms with Gasteiger partial charge in [0.2, 0.25) is 0 Å². The number of hydrogen-bond donors (Lipinski definition) is 1. The zero-order chi connectivity index (χ0) is 46.4. The van der Waals surface area contributed by atoms with Crippen LogP contribution in [0.25, 0.3) is 0 Å². The minimum absolute atomic E-state index is 0.0355. The molecule has 10 heteroatoms. The normalized spacial score (nSPS) is 13.4. The molecule has 0 aliphatic heterocycles. The summed E-state index contributed by atoms with van der Waals surface area (Å²) in [5, 5.41) is 0. The number of rotatable bonds is 50. The minimum atomic E-state index is -4.38. The molecule has 0 aromatic rings. The summed E-state index contributed by atoms with van der Waals surface area (Å²) in [6.45, 7) is 4.48. The van der Waals surface area contributed by atoms with Crippen LogP contribution >= 0.6 is 7.82 Å². The van der Waals surface area contributed by atoms with E-state index in [4.69, 9.17) is 18.5 Å². The molecule has 0 spiro atoms. The number of likely N-dealkylation sites (N-methyl/N-ethyl adjacent to an activating group) is 1. The summed E-state index contributed by atoms with van der Waals surface area (Å²) in [6, 6.07) is 0. The Morgan fingerprint density at radius 1 is 0.476 bits per heavy atom. The Balaban J connectivity index is 4.18. The van der Waals surface area contributed by atoms with Gasteiger partial charge >= 0.3 is 19.8 Å². The first-order valence-corrected chi connectivity index (χ1v) is 28.4. The van der Waals surface area contributed by atoms with E-state index in [1.54, 1.807) is 0 Å². The lowest BCUT2D eigenvalue weighted by atomic mass is 10.0. The molecule has 9 nitrogen and oxygen atoms in total. The summed E-state index contributed by atoms with van der Waals surface area (Å²) in [5.41, 5.74) is 0. The van der Waals surface area contributed by atoms with Crippen molar-refractivity contribution < 1.29 is 42.1 Å². The zero-order valence-electron chi connectivity index (χ0n) is 42.3. The van der Waals surface area contributed by atoms with E-state index in [2.05, 4.69) is 26.0 Å². The number of nitrogens with zero attached hydrogens (tertiary/aromatic N) is 1. The second-order valence-electron chi connectivity index (χ2n) is 19.6. The zero-order valence-corrected chi connectivity index (χ0v) is 43.2. The van der Waals surface area contributed by atoms with Gasteiger partial charge in [0, 0.05) is 12.8 Å². The van der Waals surface area contributed by atoms with E-state index >= 15 is 0 Å². The highest BCUT2D eigenvalue weighted by Crippen LogP contribution is 2.43. The molecular formula is C53H105NO8P+. The molecular weight excluding hydrogens is 810 g/mol. The molecule has 63 heavy (non-hydrogen) atoms. The Morgan fingerprint density at radius 3 is 1.17 bits per heavy atom. The van der Waals surface area contributed by atoms with Gasteiger partial charge < -0.3 is 18.9 Å². The van der Waals surface area contributed by atoms with Crippen LogP contribution in [0.1, 0.15) is 264 Å². The van der Waals surface area contributed by atoms with Crippen LogP contribution in [0, 0.1) is 0 Å². The third-order valence-corrected chi connectivity index (χ3v) is 13.0. The minimum Gasteiger partial charge on any atom is -0.462 e. The van der Waals surface area contributed by atoms with Gasteiger partial charge in [0.05, 0.1) is 27.7 Å². The number of allylic oxidation sites excluding steroid dienone is 2. The molecule has 0 aliphatic carbocycles. The van der Waals surface area contributed by atoms with Crippen molar-refractivity contribution >= 4 is 19.8 Å². The highest BCUT2D eigenvalue weighted by Gasteiger charge is 2.27. The van der Waals surface area contributed by atoms with Gasteiger partial charge in [-0.2, -0.15) is 0 Å². The van der Waals surface area contributed by atoms with E-state index in [1.165, 1.54) is 199 Å². The molecule has 374 valence electrons. The third kappa shape index (κ3) is 50.0. The molecule has 1 N–H and O–H groups in total. The van der Waals surface area contributed by atoms with Crippen molar-refractivity contribution in [1.29, 1.82) is 0 Å². The van der Waals surface area contributed by atoms with Crippen LogP contribution < -0.4 is 0 Å². The van der Waals surface area contributed by atoms with Gasteiger partial charge in [-0.05, 0) is 38.5 Å². The summed E-state index contributed by atoms with van der Waals surface area (Å²) in [5.74, 6) is -0.782. The predicted octanol–water partition coefficient (Wildman–Crippen LogP) is 16.1. The van der Waals surface area contributed by atoms with E-state index < -0.39 is 26.5 Å². The second kappa shape index (κ2) is 45.9. The van der Waals surface area contributed by atoms with Gasteiger partial charge in [0.25, 0.3) is 0 Å². The number of quaternary nitrogens is 1. The van der Waals surface area contributed by atoms with Crippen LogP contribution in [0.5, 0.6) is 0 Å². The van der Waals surface area contributed by atoms with E-state index in [0.29, 0.717) is 17.4 Å². The molecule has 0 aliphatic rings. The van der Waals surface area contributed by atoms with E-state index in [0.717, 1.165) is 38.5 Å². The van der Waals surface area contributed by atoms with Crippen molar-refractivity contribution in [1.82, 2.24) is 0 Å². The van der Waals surface area contributed by atoms with E-state index in [1.807, 2.05) is 21.1 Å². The molecule has 0 saturated heterocycles. The number of esters is 2. The maximum atomic E-state index is 12.8. The van der Waals surface area contributed by atoms with Crippen molar-refractivity contribution in [2.24, 2.45) is 0 Å². The molecule has 0 rings (SSSR count). The maximum absolute atomic E-state index is 12.8. The van der Waals surface area contributed by atoms with Crippen LogP contribution in [-0.2, 0) is 32.7 Å². The highest BCUT2D eigenvalue weighted by atomic mass is 31.2. The third-order valence-electron chi connectivity index (χ3n) is 12.0. The molecule has 0 aromatic carbocycles. The lowest BCUT2D eigenvalue weighted by Gasteiger charge is -2.24. The van der Waals surface area contributed by atoms with E-state index in [9.17, 15) is 19.0 Å². The molecule has 0 fully saturated rings. The van der Waals surface area contributed by atoms with Crippen LogP contribution in [0.3, 0.4) is 0 Å². The number of carbonyl (C=O) groups is 2. The summed E-state index contributed by atoms with van der Waals surface area (Å²) >= 11 is 0. The fourth-order valence-electron chi connectivity index (χ4n) is 7.84. The van der Waals surface area contributed by atoms with Crippen LogP contribution in [0.2, 0.25) is 0 Å². The average molecular weight is 915 g/mol. The molecule has 0 bridgehead atoms. The van der Waals surface area contributed by atoms with Gasteiger partial charge in [0.1, 0.15) is 19.8 Å². The molecule has 0 heterocycles. The monoisotopic (exact) mass is 915 g/mol. The Labute approximate surface area is 390 Å². The Morgan fingerprint density at radius 2 is 0.810 bits per heavy atom. The first-order valence-electron chi connectivity index (χ1n) is 26.9. The standard InChI is InChI=1S/C53H104NO8P/c1-6-8-10-12-14-16-18-20-22-24-26-27-28-30-31-33-35-37-39-41-43-45-52(55)59-49-51(50-61-63(57,58)60-48-47-54(3,4)5)62-53(56)46-44-42-40-38-36-34-32-29-25-23-21-19-17-15-13-11-9-7-2/h20,22,51H,6-19,21,23-50H2,1-5H3/p+1/b22-20+/t51-/m1/s1. The molecule has 0 aromatic heterocycles. The van der Waals surface area contributed by atoms with Crippen molar-refractivity contribution in [3.05, 3.63) is 12.2 Å². The van der Waals surface area contributed by atoms with Crippen molar-refractivity contribution in [3.8, 4) is 0 Å². The maximum Gasteiger partial charge on any atom is 0.472 e. The number of phosphoric ester groups is 1. The van der Waals surface area contributed by atoms with Crippen LogP contribution in [-0.4, -0.2) is 74.9 Å². The van der Waals surface area contributed by atoms with Gasteiger partial charge in [-0.3, -0.25) is 18.6 Å². The summed E-state index contributed by atoms with van der Waals surface area (Å²) in [6.07, 6.45) is 51.2. The summed E-state index contributed by atoms with van der Waals surface area (Å²) in [7, 11) is 1.49. The molecule has 0 radical (unpaired) electrons. The molecule has 2 atom stereocenters. The fourth-order valence-corrected chi connectivity index (χ4v) is 8.58. The Hall–Kier alpha value is -1.25. The first-order chi connectivity index (χ1) is 30.5. The average Bonchev–Trinajstić information content (AvgIpc) is 3.24. The van der Waals surface area contributed by atoms with E-state index in [-0.39, 0.29) is 25.6 Å². The largest absolute Gasteiger partial charge is 0.472 e. The van der Waals surface area contributed by atoms with Gasteiger partial charge in [-0.1, -0.05) is 225 Å². The Bertz CT molecular complexity index is 1080. The number of phosphoric acid groups is 1. The van der Waals surface area contributed by atoms with Gasteiger partial charge in [0.15, 0.2) is 6.10 Å². The fraction of sp³-hybridized carbons (Fsp3) is 0.925. The van der Waals surface area contributed by atoms with Gasteiger partial charge in [-0.15, -0.1) is 0 Å². The van der Waals surface area contributed by atoms with Crippen molar-refractivity contribution in [3.63, 3.8) is 0 Å². The van der Waals surface area contributed by atoms with Crippen LogP contribution in [0.15, 0.2) is 12.2 Å². The number of unbranched alkanes of at least 4 members (excludes halogenated alkanes) is 34. The van der Waals surface area contributed by atoms with Gasteiger partial charge in [-0.25, -0.2) is 4.57 Å². The molecule has 1 unspecified atom stereocenters. The second-order valence-corrected chi connectivity index (χ2v) is 21.1.